The fourth-order valence-corrected chi connectivity index (χ4v) is 2.52. The number of ether oxygens (including phenoxy) is 1. The van der Waals surface area contributed by atoms with E-state index in [1.54, 1.807) is 0 Å². The molecule has 0 aromatic heterocycles. The largest absolute Gasteiger partial charge is 0.468 e. The van der Waals surface area contributed by atoms with Crippen LogP contribution in [0, 0.1) is 3.57 Å². The van der Waals surface area contributed by atoms with Crippen LogP contribution in [-0.4, -0.2) is 13.1 Å². The quantitative estimate of drug-likeness (QED) is 0.618. The van der Waals surface area contributed by atoms with Crippen molar-refractivity contribution in [3.05, 3.63) is 69.3 Å². The highest BCUT2D eigenvalue weighted by molar-refractivity contribution is 14.1. The Morgan fingerprint density at radius 3 is 2.24 bits per heavy atom. The van der Waals surface area contributed by atoms with Gasteiger partial charge in [0.15, 0.2) is 0 Å². The van der Waals surface area contributed by atoms with Crippen LogP contribution in [0.25, 0.3) is 0 Å². The molecule has 2 unspecified atom stereocenters. The molecule has 0 saturated heterocycles. The maximum atomic E-state index is 12.0. The molecule has 0 heterocycles. The lowest BCUT2D eigenvalue weighted by atomic mass is 10.0. The fourth-order valence-electron chi connectivity index (χ4n) is 2.16. The first-order valence-electron chi connectivity index (χ1n) is 6.76. The van der Waals surface area contributed by atoms with Crippen LogP contribution in [0.3, 0.4) is 0 Å². The average molecular weight is 395 g/mol. The lowest BCUT2D eigenvalue weighted by molar-refractivity contribution is -0.143. The van der Waals surface area contributed by atoms with Crippen LogP contribution in [0.1, 0.15) is 30.1 Å². The normalized spacial score (nSPS) is 13.5. The van der Waals surface area contributed by atoms with Crippen LogP contribution in [0.15, 0.2) is 54.6 Å². The summed E-state index contributed by atoms with van der Waals surface area (Å²) in [5.74, 6) is -0.279. The number of nitrogens with one attached hydrogen (secondary N) is 1. The van der Waals surface area contributed by atoms with Crippen molar-refractivity contribution in [3.63, 3.8) is 0 Å². The number of hydrogen-bond acceptors (Lipinski definition) is 3. The molecule has 110 valence electrons. The summed E-state index contributed by atoms with van der Waals surface area (Å²) in [7, 11) is 1.41. The number of rotatable bonds is 5. The van der Waals surface area contributed by atoms with Crippen molar-refractivity contribution in [2.75, 3.05) is 7.11 Å². The van der Waals surface area contributed by atoms with E-state index in [1.165, 1.54) is 10.7 Å². The Balaban J connectivity index is 2.19. The summed E-state index contributed by atoms with van der Waals surface area (Å²) < 4.78 is 6.11. The first-order valence-corrected chi connectivity index (χ1v) is 7.84. The molecular formula is C17H18INO2. The van der Waals surface area contributed by atoms with Crippen molar-refractivity contribution < 1.29 is 9.53 Å². The van der Waals surface area contributed by atoms with Gasteiger partial charge in [0.25, 0.3) is 0 Å². The Kier molecular flexibility index (Phi) is 5.76. The first kappa shape index (κ1) is 16.0. The molecule has 0 radical (unpaired) electrons. The minimum absolute atomic E-state index is 0.0475. The number of carbonyl (C=O) groups is 1. The highest BCUT2D eigenvalue weighted by atomic mass is 127. The second-order valence-corrected chi connectivity index (χ2v) is 6.05. The summed E-state index contributed by atoms with van der Waals surface area (Å²) in [6.45, 7) is 2.04. The van der Waals surface area contributed by atoms with E-state index in [9.17, 15) is 4.79 Å². The summed E-state index contributed by atoms with van der Waals surface area (Å²) in [5, 5.41) is 3.34. The van der Waals surface area contributed by atoms with Gasteiger partial charge >= 0.3 is 5.97 Å². The van der Waals surface area contributed by atoms with Gasteiger partial charge in [-0.15, -0.1) is 0 Å². The van der Waals surface area contributed by atoms with Crippen molar-refractivity contribution >= 4 is 28.6 Å². The Morgan fingerprint density at radius 2 is 1.67 bits per heavy atom. The summed E-state index contributed by atoms with van der Waals surface area (Å²) in [6, 6.07) is 17.5. The zero-order valence-electron chi connectivity index (χ0n) is 12.0. The second kappa shape index (κ2) is 7.56. The predicted octanol–water partition coefficient (Wildman–Crippen LogP) is 3.86. The van der Waals surface area contributed by atoms with Crippen LogP contribution in [-0.2, 0) is 9.53 Å². The lowest BCUT2D eigenvalue weighted by Crippen LogP contribution is -2.31. The van der Waals surface area contributed by atoms with Gasteiger partial charge in [-0.25, -0.2) is 4.79 Å². The molecule has 2 aromatic carbocycles. The van der Waals surface area contributed by atoms with E-state index in [0.717, 1.165) is 11.1 Å². The van der Waals surface area contributed by atoms with Crippen molar-refractivity contribution in [1.29, 1.82) is 0 Å². The average Bonchev–Trinajstić information content (AvgIpc) is 2.53. The molecule has 0 bridgehead atoms. The number of benzene rings is 2. The number of methoxy groups -OCH3 is 1. The molecule has 3 nitrogen and oxygen atoms in total. The molecule has 4 heteroatoms. The molecule has 0 aliphatic heterocycles. The molecular weight excluding hydrogens is 377 g/mol. The minimum Gasteiger partial charge on any atom is -0.468 e. The van der Waals surface area contributed by atoms with E-state index in [4.69, 9.17) is 4.74 Å². The summed E-state index contributed by atoms with van der Waals surface area (Å²) in [4.78, 5) is 12.0. The number of halogens is 1. The maximum absolute atomic E-state index is 12.0. The molecule has 0 spiro atoms. The van der Waals surface area contributed by atoms with Gasteiger partial charge < -0.3 is 4.74 Å². The Bertz CT molecular complexity index is 583. The molecule has 0 aliphatic rings. The molecule has 2 aromatic rings. The van der Waals surface area contributed by atoms with Gasteiger partial charge in [-0.2, -0.15) is 0 Å². The van der Waals surface area contributed by atoms with Crippen LogP contribution in [0.5, 0.6) is 0 Å². The molecule has 0 saturated carbocycles. The van der Waals surface area contributed by atoms with Gasteiger partial charge in [0.1, 0.15) is 6.04 Å². The number of hydrogen-bond donors (Lipinski definition) is 1. The van der Waals surface area contributed by atoms with E-state index >= 15 is 0 Å². The SMILES string of the molecule is COC(=O)C(NC(C)c1ccc(I)cc1)c1ccccc1. The molecule has 1 N–H and O–H groups in total. The molecule has 21 heavy (non-hydrogen) atoms. The van der Waals surface area contributed by atoms with Crippen LogP contribution in [0.4, 0.5) is 0 Å². The highest BCUT2D eigenvalue weighted by Gasteiger charge is 2.23. The van der Waals surface area contributed by atoms with Gasteiger partial charge in [0, 0.05) is 9.61 Å². The summed E-state index contributed by atoms with van der Waals surface area (Å²) >= 11 is 2.28. The van der Waals surface area contributed by atoms with E-state index in [2.05, 4.69) is 52.2 Å². The van der Waals surface area contributed by atoms with E-state index in [-0.39, 0.29) is 12.0 Å². The minimum atomic E-state index is -0.467. The monoisotopic (exact) mass is 395 g/mol. The highest BCUT2D eigenvalue weighted by Crippen LogP contribution is 2.21. The van der Waals surface area contributed by atoms with Crippen LogP contribution < -0.4 is 5.32 Å². The molecule has 0 amide bonds. The van der Waals surface area contributed by atoms with Crippen molar-refractivity contribution in [3.8, 4) is 0 Å². The van der Waals surface area contributed by atoms with Crippen LogP contribution >= 0.6 is 22.6 Å². The van der Waals surface area contributed by atoms with Crippen molar-refractivity contribution in [1.82, 2.24) is 5.32 Å². The summed E-state index contributed by atoms with van der Waals surface area (Å²) in [5.41, 5.74) is 2.04. The number of carbonyl (C=O) groups excluding carboxylic acids is 1. The van der Waals surface area contributed by atoms with Gasteiger partial charge in [-0.3, -0.25) is 5.32 Å². The third kappa shape index (κ3) is 4.28. The van der Waals surface area contributed by atoms with E-state index < -0.39 is 6.04 Å². The third-order valence-electron chi connectivity index (χ3n) is 3.36. The second-order valence-electron chi connectivity index (χ2n) is 4.81. The van der Waals surface area contributed by atoms with E-state index in [1.807, 2.05) is 37.3 Å². The Labute approximate surface area is 138 Å². The van der Waals surface area contributed by atoms with Gasteiger partial charge in [0.05, 0.1) is 7.11 Å². The maximum Gasteiger partial charge on any atom is 0.327 e. The first-order chi connectivity index (χ1) is 10.1. The standard InChI is InChI=1S/C17H18INO2/c1-12(13-8-10-15(18)11-9-13)19-16(17(20)21-2)14-6-4-3-5-7-14/h3-12,16,19H,1-2H3. The molecule has 0 aliphatic carbocycles. The Hall–Kier alpha value is -1.40. The molecule has 2 atom stereocenters. The molecule has 2 rings (SSSR count). The summed E-state index contributed by atoms with van der Waals surface area (Å²) in [6.07, 6.45) is 0. The zero-order chi connectivity index (χ0) is 15.2. The fraction of sp³-hybridized carbons (Fsp3) is 0.235. The number of esters is 1. The predicted molar refractivity (Wildman–Crippen MR) is 91.9 cm³/mol. The Morgan fingerprint density at radius 1 is 1.05 bits per heavy atom. The van der Waals surface area contributed by atoms with Gasteiger partial charge in [-0.05, 0) is 52.8 Å². The van der Waals surface area contributed by atoms with Crippen molar-refractivity contribution in [2.45, 2.75) is 19.0 Å². The zero-order valence-corrected chi connectivity index (χ0v) is 14.2. The lowest BCUT2D eigenvalue weighted by Gasteiger charge is -2.22. The topological polar surface area (TPSA) is 38.3 Å². The van der Waals surface area contributed by atoms with E-state index in [0.29, 0.717) is 0 Å². The smallest absolute Gasteiger partial charge is 0.327 e. The third-order valence-corrected chi connectivity index (χ3v) is 4.08. The van der Waals surface area contributed by atoms with Gasteiger partial charge in [0.2, 0.25) is 0 Å². The van der Waals surface area contributed by atoms with Gasteiger partial charge in [-0.1, -0.05) is 42.5 Å². The van der Waals surface area contributed by atoms with Crippen molar-refractivity contribution in [2.24, 2.45) is 0 Å². The van der Waals surface area contributed by atoms with Crippen LogP contribution in [0.2, 0.25) is 0 Å². The molecule has 0 fully saturated rings.